The monoisotopic (exact) mass is 430 g/mol. The molecule has 0 radical (unpaired) electrons. The summed E-state index contributed by atoms with van der Waals surface area (Å²) in [5, 5.41) is 4.63. The Kier molecular flexibility index (Phi) is 6.97. The lowest BCUT2D eigenvalue weighted by atomic mass is 10.1. The van der Waals surface area contributed by atoms with E-state index >= 15 is 0 Å². The van der Waals surface area contributed by atoms with Crippen LogP contribution < -0.4 is 4.74 Å². The van der Waals surface area contributed by atoms with Crippen LogP contribution in [0.25, 0.3) is 11.3 Å². The molecule has 0 spiro atoms. The number of benzene rings is 1. The molecule has 3 heterocycles. The fourth-order valence-corrected chi connectivity index (χ4v) is 5.19. The topological polar surface area (TPSA) is 59.8 Å². The standard InChI is InChI=1S/C22H30N4O3S/c1-24-20(14-19(23-24)18-6-3-4-7-21(18)28-2)22(27)26-8-5-13-30-16-17(26)15-25-9-11-29-12-10-25/h3-4,6-7,14,17H,5,8-13,15-16H2,1-2H3. The van der Waals surface area contributed by atoms with Gasteiger partial charge in [0.2, 0.25) is 0 Å². The lowest BCUT2D eigenvalue weighted by molar-refractivity contribution is 0.0243. The van der Waals surface area contributed by atoms with Crippen molar-refractivity contribution in [2.45, 2.75) is 12.5 Å². The average molecular weight is 431 g/mol. The Labute approximate surface area is 182 Å². The third kappa shape index (κ3) is 4.66. The van der Waals surface area contributed by atoms with Crippen molar-refractivity contribution in [3.05, 3.63) is 36.0 Å². The molecule has 0 saturated carbocycles. The quantitative estimate of drug-likeness (QED) is 0.726. The van der Waals surface area contributed by atoms with Gasteiger partial charge < -0.3 is 14.4 Å². The van der Waals surface area contributed by atoms with Crippen molar-refractivity contribution in [1.82, 2.24) is 19.6 Å². The number of carbonyl (C=O) groups is 1. The number of hydrogen-bond acceptors (Lipinski definition) is 6. The Hall–Kier alpha value is -2.03. The van der Waals surface area contributed by atoms with Crippen LogP contribution in [0.3, 0.4) is 0 Å². The van der Waals surface area contributed by atoms with Gasteiger partial charge in [-0.25, -0.2) is 0 Å². The van der Waals surface area contributed by atoms with E-state index in [1.807, 2.05) is 49.1 Å². The van der Waals surface area contributed by atoms with Gasteiger partial charge in [0.1, 0.15) is 11.4 Å². The number of aryl methyl sites for hydroxylation is 1. The molecule has 2 aromatic rings. The molecule has 1 unspecified atom stereocenters. The van der Waals surface area contributed by atoms with Crippen molar-refractivity contribution >= 4 is 17.7 Å². The molecule has 8 heteroatoms. The number of para-hydroxylation sites is 1. The number of thioether (sulfide) groups is 1. The van der Waals surface area contributed by atoms with Crippen molar-refractivity contribution in [2.24, 2.45) is 7.05 Å². The Morgan fingerprint density at radius 1 is 1.27 bits per heavy atom. The van der Waals surface area contributed by atoms with Crippen molar-refractivity contribution < 1.29 is 14.3 Å². The van der Waals surface area contributed by atoms with Crippen LogP contribution >= 0.6 is 11.8 Å². The van der Waals surface area contributed by atoms with Crippen molar-refractivity contribution in [3.63, 3.8) is 0 Å². The molecular weight excluding hydrogens is 400 g/mol. The smallest absolute Gasteiger partial charge is 0.272 e. The second-order valence-electron chi connectivity index (χ2n) is 7.73. The summed E-state index contributed by atoms with van der Waals surface area (Å²) in [7, 11) is 3.49. The molecule has 2 aliphatic heterocycles. The van der Waals surface area contributed by atoms with E-state index in [0.29, 0.717) is 5.69 Å². The molecule has 1 amide bonds. The number of methoxy groups -OCH3 is 1. The molecule has 2 fully saturated rings. The van der Waals surface area contributed by atoms with Gasteiger partial charge in [0.15, 0.2) is 0 Å². The molecule has 1 atom stereocenters. The van der Waals surface area contributed by atoms with Gasteiger partial charge in [-0.15, -0.1) is 0 Å². The van der Waals surface area contributed by atoms with Gasteiger partial charge in [-0.05, 0) is 30.4 Å². The third-order valence-electron chi connectivity index (χ3n) is 5.75. The second kappa shape index (κ2) is 9.85. The molecule has 2 aliphatic rings. The normalized spacial score (nSPS) is 20.7. The Morgan fingerprint density at radius 2 is 2.07 bits per heavy atom. The van der Waals surface area contributed by atoms with Gasteiger partial charge in [-0.2, -0.15) is 16.9 Å². The fourth-order valence-electron chi connectivity index (χ4n) is 4.13. The predicted molar refractivity (Wildman–Crippen MR) is 119 cm³/mol. The maximum Gasteiger partial charge on any atom is 0.272 e. The lowest BCUT2D eigenvalue weighted by Gasteiger charge is -2.35. The lowest BCUT2D eigenvalue weighted by Crippen LogP contribution is -2.50. The van der Waals surface area contributed by atoms with Gasteiger partial charge in [0.05, 0.1) is 32.1 Å². The maximum absolute atomic E-state index is 13.6. The molecule has 162 valence electrons. The van der Waals surface area contributed by atoms with Crippen LogP contribution in [0, 0.1) is 0 Å². The molecule has 4 rings (SSSR count). The van der Waals surface area contributed by atoms with Crippen LogP contribution in [0.2, 0.25) is 0 Å². The van der Waals surface area contributed by atoms with Crippen LogP contribution in [0.15, 0.2) is 30.3 Å². The van der Waals surface area contributed by atoms with E-state index in [-0.39, 0.29) is 11.9 Å². The van der Waals surface area contributed by atoms with Crippen LogP contribution in [-0.4, -0.2) is 89.5 Å². The first-order valence-corrected chi connectivity index (χ1v) is 11.7. The van der Waals surface area contributed by atoms with E-state index in [1.54, 1.807) is 11.8 Å². The highest BCUT2D eigenvalue weighted by Crippen LogP contribution is 2.29. The second-order valence-corrected chi connectivity index (χ2v) is 8.88. The number of amides is 1. The largest absolute Gasteiger partial charge is 0.496 e. The molecule has 0 N–H and O–H groups in total. The summed E-state index contributed by atoms with van der Waals surface area (Å²) >= 11 is 1.95. The minimum Gasteiger partial charge on any atom is -0.496 e. The van der Waals surface area contributed by atoms with Crippen LogP contribution in [0.5, 0.6) is 5.75 Å². The van der Waals surface area contributed by atoms with E-state index < -0.39 is 0 Å². The van der Waals surface area contributed by atoms with Gasteiger partial charge >= 0.3 is 0 Å². The van der Waals surface area contributed by atoms with Crippen molar-refractivity contribution in [2.75, 3.05) is 58.0 Å². The highest BCUT2D eigenvalue weighted by molar-refractivity contribution is 7.99. The number of hydrogen-bond donors (Lipinski definition) is 0. The zero-order chi connectivity index (χ0) is 20.9. The van der Waals surface area contributed by atoms with E-state index in [2.05, 4.69) is 14.9 Å². The highest BCUT2D eigenvalue weighted by atomic mass is 32.2. The van der Waals surface area contributed by atoms with Gasteiger partial charge in [0, 0.05) is 44.5 Å². The average Bonchev–Trinajstić information content (AvgIpc) is 3.02. The molecule has 1 aromatic heterocycles. The third-order valence-corrected chi connectivity index (χ3v) is 6.95. The minimum atomic E-state index is 0.0620. The van der Waals surface area contributed by atoms with Gasteiger partial charge in [-0.1, -0.05) is 12.1 Å². The molecule has 1 aromatic carbocycles. The number of carbonyl (C=O) groups excluding carboxylic acids is 1. The zero-order valence-electron chi connectivity index (χ0n) is 17.7. The Balaban J connectivity index is 1.57. The summed E-state index contributed by atoms with van der Waals surface area (Å²) < 4.78 is 12.7. The summed E-state index contributed by atoms with van der Waals surface area (Å²) in [6.07, 6.45) is 1.02. The zero-order valence-corrected chi connectivity index (χ0v) is 18.6. The number of rotatable bonds is 5. The van der Waals surface area contributed by atoms with Gasteiger partial charge in [-0.3, -0.25) is 14.4 Å². The van der Waals surface area contributed by atoms with E-state index in [1.165, 1.54) is 0 Å². The van der Waals surface area contributed by atoms with Crippen LogP contribution in [-0.2, 0) is 11.8 Å². The van der Waals surface area contributed by atoms with E-state index in [0.717, 1.165) is 74.3 Å². The van der Waals surface area contributed by atoms with Crippen molar-refractivity contribution in [1.29, 1.82) is 0 Å². The first-order valence-electron chi connectivity index (χ1n) is 10.5. The number of morpholine rings is 1. The van der Waals surface area contributed by atoms with Crippen LogP contribution in [0.1, 0.15) is 16.9 Å². The molecule has 0 bridgehead atoms. The molecule has 7 nitrogen and oxygen atoms in total. The maximum atomic E-state index is 13.6. The summed E-state index contributed by atoms with van der Waals surface area (Å²) in [6.45, 7) is 5.12. The summed E-state index contributed by atoms with van der Waals surface area (Å²) in [5.74, 6) is 2.89. The Morgan fingerprint density at radius 3 is 2.87 bits per heavy atom. The Bertz CT molecular complexity index is 866. The van der Waals surface area contributed by atoms with Crippen LogP contribution in [0.4, 0.5) is 0 Å². The van der Waals surface area contributed by atoms with E-state index in [4.69, 9.17) is 9.47 Å². The molecular formula is C22H30N4O3S. The summed E-state index contributed by atoms with van der Waals surface area (Å²) in [6, 6.07) is 9.87. The predicted octanol–water partition coefficient (Wildman–Crippen LogP) is 2.38. The first kappa shape index (κ1) is 21.2. The summed E-state index contributed by atoms with van der Waals surface area (Å²) in [4.78, 5) is 18.1. The molecule has 30 heavy (non-hydrogen) atoms. The van der Waals surface area contributed by atoms with Crippen molar-refractivity contribution in [3.8, 4) is 17.0 Å². The first-order chi connectivity index (χ1) is 14.7. The van der Waals surface area contributed by atoms with E-state index in [9.17, 15) is 4.79 Å². The highest BCUT2D eigenvalue weighted by Gasteiger charge is 2.30. The van der Waals surface area contributed by atoms with Gasteiger partial charge in [0.25, 0.3) is 5.91 Å². The number of ether oxygens (including phenoxy) is 2. The number of aromatic nitrogens is 2. The fraction of sp³-hybridized carbons (Fsp3) is 0.545. The molecule has 2 saturated heterocycles. The number of nitrogens with zero attached hydrogens (tertiary/aromatic N) is 4. The molecule has 0 aliphatic carbocycles. The SMILES string of the molecule is COc1ccccc1-c1cc(C(=O)N2CCCSCC2CN2CCOCC2)n(C)n1. The summed E-state index contributed by atoms with van der Waals surface area (Å²) in [5.41, 5.74) is 2.27. The minimum absolute atomic E-state index is 0.0620.